The monoisotopic (exact) mass is 299 g/mol. The minimum atomic E-state index is -1.12. The summed E-state index contributed by atoms with van der Waals surface area (Å²) in [6, 6.07) is 3.20. The number of nitrogens with zero attached hydrogens (tertiary/aromatic N) is 1. The Morgan fingerprint density at radius 3 is 2.43 bits per heavy atom. The van der Waals surface area contributed by atoms with Crippen LogP contribution in [0.15, 0.2) is 23.4 Å². The largest absolute Gasteiger partial charge is 0.409 e. The molecular formula is C14H19F2N3O2. The molecule has 1 unspecified atom stereocenters. The third-order valence-corrected chi connectivity index (χ3v) is 3.50. The number of benzene rings is 1. The summed E-state index contributed by atoms with van der Waals surface area (Å²) >= 11 is 0. The zero-order valence-corrected chi connectivity index (χ0v) is 12.0. The predicted molar refractivity (Wildman–Crippen MR) is 74.9 cm³/mol. The zero-order valence-electron chi connectivity index (χ0n) is 12.0. The van der Waals surface area contributed by atoms with E-state index in [2.05, 4.69) is 10.5 Å². The Hall–Kier alpha value is -2.18. The van der Waals surface area contributed by atoms with Crippen molar-refractivity contribution in [3.63, 3.8) is 0 Å². The van der Waals surface area contributed by atoms with Gasteiger partial charge in [-0.05, 0) is 37.5 Å². The highest BCUT2D eigenvalue weighted by Crippen LogP contribution is 2.21. The van der Waals surface area contributed by atoms with Crippen LogP contribution < -0.4 is 11.1 Å². The molecule has 0 saturated carbocycles. The molecule has 21 heavy (non-hydrogen) atoms. The van der Waals surface area contributed by atoms with E-state index in [1.807, 2.05) is 0 Å². The SMILES string of the molecule is CCC(C)(C(=O)NCCc1cc(F)cc(F)c1)/C(N)=N/O. The molecule has 0 aliphatic carbocycles. The van der Waals surface area contributed by atoms with E-state index in [1.165, 1.54) is 12.1 Å². The van der Waals surface area contributed by atoms with Crippen molar-refractivity contribution in [2.24, 2.45) is 16.3 Å². The first-order chi connectivity index (χ1) is 9.83. The summed E-state index contributed by atoms with van der Waals surface area (Å²) in [6.45, 7) is 3.48. The highest BCUT2D eigenvalue weighted by atomic mass is 19.1. The van der Waals surface area contributed by atoms with Crippen molar-refractivity contribution < 1.29 is 18.8 Å². The summed E-state index contributed by atoms with van der Waals surface area (Å²) in [5, 5.41) is 14.2. The van der Waals surface area contributed by atoms with Crippen LogP contribution in [0.2, 0.25) is 0 Å². The molecule has 0 fully saturated rings. The molecule has 1 aromatic rings. The fourth-order valence-corrected chi connectivity index (χ4v) is 1.84. The molecule has 1 amide bonds. The fraction of sp³-hybridized carbons (Fsp3) is 0.429. The lowest BCUT2D eigenvalue weighted by Crippen LogP contribution is -2.48. The Labute approximate surface area is 121 Å². The van der Waals surface area contributed by atoms with E-state index < -0.39 is 23.0 Å². The molecule has 0 radical (unpaired) electrons. The Kier molecular flexibility index (Phi) is 5.63. The number of halogens is 2. The minimum Gasteiger partial charge on any atom is -0.409 e. The molecule has 7 heteroatoms. The smallest absolute Gasteiger partial charge is 0.233 e. The van der Waals surface area contributed by atoms with Crippen LogP contribution in [0, 0.1) is 17.0 Å². The van der Waals surface area contributed by atoms with Crippen LogP contribution in [0.5, 0.6) is 0 Å². The number of carbonyl (C=O) groups excluding carboxylic acids is 1. The summed E-state index contributed by atoms with van der Waals surface area (Å²) in [5.41, 5.74) is 4.84. The van der Waals surface area contributed by atoms with Crippen LogP contribution in [0.1, 0.15) is 25.8 Å². The van der Waals surface area contributed by atoms with Crippen molar-refractivity contribution >= 4 is 11.7 Å². The topological polar surface area (TPSA) is 87.7 Å². The van der Waals surface area contributed by atoms with Crippen LogP contribution in [0.3, 0.4) is 0 Å². The van der Waals surface area contributed by atoms with E-state index >= 15 is 0 Å². The molecule has 5 nitrogen and oxygen atoms in total. The van der Waals surface area contributed by atoms with Crippen LogP contribution in [0.25, 0.3) is 0 Å². The first-order valence-corrected chi connectivity index (χ1v) is 6.54. The number of hydrogen-bond donors (Lipinski definition) is 3. The van der Waals surface area contributed by atoms with E-state index in [4.69, 9.17) is 10.9 Å². The lowest BCUT2D eigenvalue weighted by Gasteiger charge is -2.25. The third-order valence-electron chi connectivity index (χ3n) is 3.50. The summed E-state index contributed by atoms with van der Waals surface area (Å²) in [7, 11) is 0. The molecule has 1 atom stereocenters. The van der Waals surface area contributed by atoms with Gasteiger partial charge in [-0.15, -0.1) is 0 Å². The Balaban J connectivity index is 2.64. The fourth-order valence-electron chi connectivity index (χ4n) is 1.84. The van der Waals surface area contributed by atoms with Crippen molar-refractivity contribution in [3.05, 3.63) is 35.4 Å². The quantitative estimate of drug-likeness (QED) is 0.324. The van der Waals surface area contributed by atoms with Gasteiger partial charge in [-0.2, -0.15) is 0 Å². The lowest BCUT2D eigenvalue weighted by atomic mass is 9.85. The first-order valence-electron chi connectivity index (χ1n) is 6.54. The zero-order chi connectivity index (χ0) is 16.0. The molecular weight excluding hydrogens is 280 g/mol. The van der Waals surface area contributed by atoms with Gasteiger partial charge in [-0.3, -0.25) is 4.79 Å². The maximum atomic E-state index is 13.0. The van der Waals surface area contributed by atoms with E-state index in [1.54, 1.807) is 13.8 Å². The standard InChI is InChI=1S/C14H19F2N3O2/c1-3-14(2,12(17)19-21)13(20)18-5-4-9-6-10(15)8-11(16)7-9/h6-8,21H,3-5H2,1-2H3,(H2,17,19)(H,18,20). The maximum Gasteiger partial charge on any atom is 0.233 e. The highest BCUT2D eigenvalue weighted by Gasteiger charge is 2.36. The van der Waals surface area contributed by atoms with E-state index in [-0.39, 0.29) is 18.8 Å². The van der Waals surface area contributed by atoms with Gasteiger partial charge < -0.3 is 16.3 Å². The van der Waals surface area contributed by atoms with E-state index in [0.717, 1.165) is 6.07 Å². The number of nitrogens with two attached hydrogens (primary N) is 1. The second-order valence-electron chi connectivity index (χ2n) is 4.95. The van der Waals surface area contributed by atoms with Crippen LogP contribution >= 0.6 is 0 Å². The molecule has 0 aliphatic heterocycles. The molecule has 0 aliphatic rings. The summed E-state index contributed by atoms with van der Waals surface area (Å²) in [6.07, 6.45) is 0.625. The molecule has 116 valence electrons. The van der Waals surface area contributed by atoms with Gasteiger partial charge in [-0.25, -0.2) is 8.78 Å². The van der Waals surface area contributed by atoms with Gasteiger partial charge in [0.25, 0.3) is 0 Å². The third kappa shape index (κ3) is 4.14. The van der Waals surface area contributed by atoms with Gasteiger partial charge in [-0.1, -0.05) is 12.1 Å². The molecule has 0 bridgehead atoms. The summed E-state index contributed by atoms with van der Waals surface area (Å²) < 4.78 is 26.0. The molecule has 1 aromatic carbocycles. The van der Waals surface area contributed by atoms with Crippen molar-refractivity contribution in [2.45, 2.75) is 26.7 Å². The molecule has 4 N–H and O–H groups in total. The summed E-state index contributed by atoms with van der Waals surface area (Å²) in [5.74, 6) is -1.91. The number of amidine groups is 1. The number of nitrogens with one attached hydrogen (secondary N) is 1. The minimum absolute atomic E-state index is 0.181. The second-order valence-corrected chi connectivity index (χ2v) is 4.95. The van der Waals surface area contributed by atoms with Crippen LogP contribution in [0.4, 0.5) is 8.78 Å². The maximum absolute atomic E-state index is 13.0. The molecule has 0 saturated heterocycles. The van der Waals surface area contributed by atoms with E-state index in [0.29, 0.717) is 12.0 Å². The Morgan fingerprint density at radius 1 is 1.38 bits per heavy atom. The second kappa shape index (κ2) is 7.01. The van der Waals surface area contributed by atoms with Crippen molar-refractivity contribution in [2.75, 3.05) is 6.54 Å². The Morgan fingerprint density at radius 2 is 1.95 bits per heavy atom. The molecule has 0 heterocycles. The van der Waals surface area contributed by atoms with Gasteiger partial charge in [0.15, 0.2) is 5.84 Å². The van der Waals surface area contributed by atoms with Gasteiger partial charge >= 0.3 is 0 Å². The number of oxime groups is 1. The average Bonchev–Trinajstić information content (AvgIpc) is 2.44. The van der Waals surface area contributed by atoms with E-state index in [9.17, 15) is 13.6 Å². The first kappa shape index (κ1) is 16.9. The number of amides is 1. The Bertz CT molecular complexity index is 529. The predicted octanol–water partition coefficient (Wildman–Crippen LogP) is 1.79. The van der Waals surface area contributed by atoms with Gasteiger partial charge in [0, 0.05) is 12.6 Å². The average molecular weight is 299 g/mol. The molecule has 1 rings (SSSR count). The summed E-state index contributed by atoms with van der Waals surface area (Å²) in [4.78, 5) is 12.1. The number of hydrogen-bond acceptors (Lipinski definition) is 3. The normalized spacial score (nSPS) is 14.6. The molecule has 0 spiro atoms. The van der Waals surface area contributed by atoms with Crippen molar-refractivity contribution in [1.29, 1.82) is 0 Å². The lowest BCUT2D eigenvalue weighted by molar-refractivity contribution is -0.127. The van der Waals surface area contributed by atoms with Gasteiger partial charge in [0.1, 0.15) is 17.0 Å². The number of rotatable bonds is 6. The van der Waals surface area contributed by atoms with Crippen LogP contribution in [-0.2, 0) is 11.2 Å². The van der Waals surface area contributed by atoms with Crippen molar-refractivity contribution in [3.8, 4) is 0 Å². The van der Waals surface area contributed by atoms with Gasteiger partial charge in [0.2, 0.25) is 5.91 Å². The van der Waals surface area contributed by atoms with Gasteiger partial charge in [0.05, 0.1) is 0 Å². The number of carbonyl (C=O) groups is 1. The highest BCUT2D eigenvalue weighted by molar-refractivity contribution is 6.06. The van der Waals surface area contributed by atoms with Crippen molar-refractivity contribution in [1.82, 2.24) is 5.32 Å². The van der Waals surface area contributed by atoms with Crippen LogP contribution in [-0.4, -0.2) is 23.5 Å². The molecule has 0 aromatic heterocycles.